The number of amides is 1. The number of hydrogen-bond donors (Lipinski definition) is 1. The maximum Gasteiger partial charge on any atom is 0.278 e. The van der Waals surface area contributed by atoms with Crippen LogP contribution >= 0.6 is 0 Å². The second-order valence-corrected chi connectivity index (χ2v) is 8.69. The minimum absolute atomic E-state index is 0.255. The molecule has 2 aliphatic heterocycles. The summed E-state index contributed by atoms with van der Waals surface area (Å²) >= 11 is 0. The first-order valence-corrected chi connectivity index (χ1v) is 11.8. The van der Waals surface area contributed by atoms with Crippen molar-refractivity contribution in [2.45, 2.75) is 6.61 Å². The van der Waals surface area contributed by atoms with Gasteiger partial charge in [0, 0.05) is 61.5 Å². The molecule has 1 amide bonds. The van der Waals surface area contributed by atoms with Crippen LogP contribution in [0.1, 0.15) is 21.5 Å². The Bertz CT molecular complexity index is 1190. The average molecular weight is 472 g/mol. The van der Waals surface area contributed by atoms with Crippen LogP contribution in [0.3, 0.4) is 0 Å². The summed E-state index contributed by atoms with van der Waals surface area (Å²) in [6.45, 7) is 5.56. The Labute approximate surface area is 205 Å². The standard InChI is InChI=1S/C27H29N5O3/c1-31-12-14-32(15-13-31)22-4-2-21(3-5-22)27(33)30-26-24-7-6-23(18-25(24)29-26)35-17-16-34-19-20-8-10-28-11-9-20/h2-11,18H,12-17,19H2,1H3,(H,29,30,33). The number of nitrogens with zero attached hydrogens (tertiary/aromatic N) is 4. The molecule has 0 unspecified atom stereocenters. The van der Waals surface area contributed by atoms with Crippen LogP contribution in [-0.4, -0.2) is 68.1 Å². The summed E-state index contributed by atoms with van der Waals surface area (Å²) in [6.07, 6.45) is 3.50. The Morgan fingerprint density at radius 1 is 1.00 bits per heavy atom. The van der Waals surface area contributed by atoms with Gasteiger partial charge in [-0.1, -0.05) is 0 Å². The van der Waals surface area contributed by atoms with E-state index in [4.69, 9.17) is 9.47 Å². The van der Waals surface area contributed by atoms with E-state index in [1.54, 1.807) is 12.4 Å². The highest BCUT2D eigenvalue weighted by Crippen LogP contribution is 2.31. The van der Waals surface area contributed by atoms with E-state index in [9.17, 15) is 4.79 Å². The molecule has 3 heterocycles. The van der Waals surface area contributed by atoms with Crippen LogP contribution in [0, 0.1) is 0 Å². The first-order valence-electron chi connectivity index (χ1n) is 11.8. The molecule has 2 aliphatic rings. The molecule has 0 bridgehead atoms. The van der Waals surface area contributed by atoms with Crippen LogP contribution in [0.5, 0.6) is 5.75 Å². The molecule has 3 aromatic rings. The number of aliphatic imine (C=N–C) groups is 1. The van der Waals surface area contributed by atoms with Crippen molar-refractivity contribution in [2.24, 2.45) is 4.99 Å². The molecule has 35 heavy (non-hydrogen) atoms. The number of anilines is 2. The molecule has 2 aromatic carbocycles. The second kappa shape index (κ2) is 10.7. The van der Waals surface area contributed by atoms with Crippen molar-refractivity contribution in [3.05, 3.63) is 83.7 Å². The second-order valence-electron chi connectivity index (χ2n) is 8.69. The van der Waals surface area contributed by atoms with Gasteiger partial charge in [-0.15, -0.1) is 0 Å². The third kappa shape index (κ3) is 5.67. The van der Waals surface area contributed by atoms with Gasteiger partial charge in [0.15, 0.2) is 0 Å². The summed E-state index contributed by atoms with van der Waals surface area (Å²) in [6, 6.07) is 17.3. The van der Waals surface area contributed by atoms with E-state index in [0.717, 1.165) is 54.4 Å². The maximum absolute atomic E-state index is 12.7. The van der Waals surface area contributed by atoms with Gasteiger partial charge >= 0.3 is 0 Å². The lowest BCUT2D eigenvalue weighted by Gasteiger charge is -2.34. The first kappa shape index (κ1) is 23.0. The van der Waals surface area contributed by atoms with Crippen LogP contribution in [0.4, 0.5) is 11.4 Å². The van der Waals surface area contributed by atoms with Crippen molar-refractivity contribution in [2.75, 3.05) is 56.7 Å². The number of pyridine rings is 1. The molecular weight excluding hydrogens is 442 g/mol. The van der Waals surface area contributed by atoms with Crippen molar-refractivity contribution in [3.63, 3.8) is 0 Å². The van der Waals surface area contributed by atoms with E-state index in [-0.39, 0.29) is 5.91 Å². The molecule has 0 atom stereocenters. The van der Waals surface area contributed by atoms with Gasteiger partial charge in [-0.3, -0.25) is 9.78 Å². The van der Waals surface area contributed by atoms with Crippen LogP contribution in [-0.2, 0) is 11.3 Å². The van der Waals surface area contributed by atoms with Crippen LogP contribution < -0.4 is 15.0 Å². The predicted molar refractivity (Wildman–Crippen MR) is 136 cm³/mol. The number of carbonyl (C=O) groups excluding carboxylic acids is 1. The van der Waals surface area contributed by atoms with E-state index in [1.165, 1.54) is 0 Å². The molecule has 1 N–H and O–H groups in total. The number of nitrogens with one attached hydrogen (secondary N) is 1. The number of amidine groups is 1. The van der Waals surface area contributed by atoms with Gasteiger partial charge in [0.05, 0.1) is 18.9 Å². The molecule has 1 fully saturated rings. The fraction of sp³-hybridized carbons (Fsp3) is 0.296. The topological polar surface area (TPSA) is 79.3 Å². The SMILES string of the molecule is CN1CCN(c2ccc(C(=O)N=C3Nc4cc(OCCOCc5ccncc5)ccc43)cc2)CC1. The van der Waals surface area contributed by atoms with Crippen LogP contribution in [0.2, 0.25) is 0 Å². The third-order valence-corrected chi connectivity index (χ3v) is 6.21. The van der Waals surface area contributed by atoms with E-state index in [0.29, 0.717) is 31.2 Å². The first-order chi connectivity index (χ1) is 17.2. The Balaban J connectivity index is 1.11. The predicted octanol–water partition coefficient (Wildman–Crippen LogP) is 3.44. The number of likely N-dealkylation sites (N-methyl/N-ethyl adjacent to an activating group) is 1. The molecule has 180 valence electrons. The third-order valence-electron chi connectivity index (χ3n) is 6.21. The summed E-state index contributed by atoms with van der Waals surface area (Å²) in [5.74, 6) is 1.07. The number of piperazine rings is 1. The summed E-state index contributed by atoms with van der Waals surface area (Å²) in [4.78, 5) is 25.6. The van der Waals surface area contributed by atoms with Gasteiger partial charge in [-0.05, 0) is 61.1 Å². The zero-order valence-electron chi connectivity index (χ0n) is 19.8. The highest BCUT2D eigenvalue weighted by molar-refractivity contribution is 6.25. The van der Waals surface area contributed by atoms with E-state index < -0.39 is 0 Å². The zero-order chi connectivity index (χ0) is 24.0. The summed E-state index contributed by atoms with van der Waals surface area (Å²) in [5, 5.41) is 3.15. The van der Waals surface area contributed by atoms with E-state index >= 15 is 0 Å². The van der Waals surface area contributed by atoms with Gasteiger partial charge in [-0.25, -0.2) is 0 Å². The Hall–Kier alpha value is -3.75. The van der Waals surface area contributed by atoms with Crippen molar-refractivity contribution >= 4 is 23.1 Å². The van der Waals surface area contributed by atoms with Crippen molar-refractivity contribution < 1.29 is 14.3 Å². The summed E-state index contributed by atoms with van der Waals surface area (Å²) in [5.41, 5.74) is 4.62. The monoisotopic (exact) mass is 471 g/mol. The molecule has 0 aliphatic carbocycles. The van der Waals surface area contributed by atoms with Gasteiger partial charge in [0.2, 0.25) is 0 Å². The molecule has 8 nitrogen and oxygen atoms in total. The number of benzene rings is 2. The van der Waals surface area contributed by atoms with Gasteiger partial charge in [0.25, 0.3) is 5.91 Å². The zero-order valence-corrected chi connectivity index (χ0v) is 19.8. The molecule has 0 radical (unpaired) electrons. The Morgan fingerprint density at radius 2 is 1.77 bits per heavy atom. The summed E-state index contributed by atoms with van der Waals surface area (Å²) in [7, 11) is 2.14. The van der Waals surface area contributed by atoms with Gasteiger partial charge < -0.3 is 24.6 Å². The minimum Gasteiger partial charge on any atom is -0.491 e. The van der Waals surface area contributed by atoms with Gasteiger partial charge in [0.1, 0.15) is 18.2 Å². The Morgan fingerprint density at radius 3 is 2.51 bits per heavy atom. The van der Waals surface area contributed by atoms with Crippen LogP contribution in [0.15, 0.2) is 72.0 Å². The number of ether oxygens (including phenoxy) is 2. The number of fused-ring (bicyclic) bond motifs is 1. The highest BCUT2D eigenvalue weighted by atomic mass is 16.5. The fourth-order valence-corrected chi connectivity index (χ4v) is 4.08. The van der Waals surface area contributed by atoms with Crippen LogP contribution in [0.25, 0.3) is 0 Å². The average Bonchev–Trinajstić information content (AvgIpc) is 2.88. The quantitative estimate of drug-likeness (QED) is 0.504. The summed E-state index contributed by atoms with van der Waals surface area (Å²) < 4.78 is 11.4. The smallest absolute Gasteiger partial charge is 0.278 e. The number of carbonyl (C=O) groups is 1. The molecule has 5 rings (SSSR count). The lowest BCUT2D eigenvalue weighted by atomic mass is 10.0. The largest absolute Gasteiger partial charge is 0.491 e. The number of rotatable bonds is 8. The van der Waals surface area contributed by atoms with Gasteiger partial charge in [-0.2, -0.15) is 4.99 Å². The number of aromatic nitrogens is 1. The lowest BCUT2D eigenvalue weighted by Crippen LogP contribution is -2.44. The molecule has 0 spiro atoms. The van der Waals surface area contributed by atoms with Crippen molar-refractivity contribution in [1.29, 1.82) is 0 Å². The van der Waals surface area contributed by atoms with Crippen molar-refractivity contribution in [1.82, 2.24) is 9.88 Å². The molecule has 1 aromatic heterocycles. The molecule has 8 heteroatoms. The van der Waals surface area contributed by atoms with Crippen molar-refractivity contribution in [3.8, 4) is 5.75 Å². The number of hydrogen-bond acceptors (Lipinski definition) is 6. The van der Waals surface area contributed by atoms with E-state index in [2.05, 4.69) is 32.1 Å². The molecule has 0 saturated carbocycles. The normalized spacial score (nSPS) is 16.4. The van der Waals surface area contributed by atoms with E-state index in [1.807, 2.05) is 54.6 Å². The molecule has 1 saturated heterocycles. The molecular formula is C27H29N5O3. The minimum atomic E-state index is -0.255. The lowest BCUT2D eigenvalue weighted by molar-refractivity contribution is 0.0889. The Kier molecular flexibility index (Phi) is 7.02. The highest BCUT2D eigenvalue weighted by Gasteiger charge is 2.23. The fourth-order valence-electron chi connectivity index (χ4n) is 4.08. The maximum atomic E-state index is 12.7.